The Hall–Kier alpha value is -2.33. The molecular weight excluding hydrogens is 290 g/mol. The Balaban J connectivity index is 1.81. The summed E-state index contributed by atoms with van der Waals surface area (Å²) < 4.78 is 5.47. The Morgan fingerprint density at radius 3 is 2.52 bits per heavy atom. The first kappa shape index (κ1) is 17.0. The normalized spacial score (nSPS) is 11.8. The van der Waals surface area contributed by atoms with Crippen molar-refractivity contribution in [3.63, 3.8) is 0 Å². The van der Waals surface area contributed by atoms with Gasteiger partial charge in [-0.15, -0.1) is 0 Å². The smallest absolute Gasteiger partial charge is 0.258 e. The third kappa shape index (κ3) is 4.83. The van der Waals surface area contributed by atoms with Crippen LogP contribution in [0.25, 0.3) is 0 Å². The third-order valence-electron chi connectivity index (χ3n) is 3.89. The highest BCUT2D eigenvalue weighted by Crippen LogP contribution is 2.17. The molecule has 0 aliphatic heterocycles. The number of rotatable bonds is 6. The van der Waals surface area contributed by atoms with Crippen LogP contribution < -0.4 is 10.1 Å². The Kier molecular flexibility index (Phi) is 5.77. The first-order valence-corrected chi connectivity index (χ1v) is 7.67. The number of ether oxygens (including phenoxy) is 1. The van der Waals surface area contributed by atoms with Gasteiger partial charge in [0.05, 0.1) is 6.10 Å². The van der Waals surface area contributed by atoms with E-state index in [-0.39, 0.29) is 19.1 Å². The van der Waals surface area contributed by atoms with Gasteiger partial charge >= 0.3 is 0 Å². The minimum absolute atomic E-state index is 0.0665. The Labute approximate surface area is 137 Å². The molecule has 0 aromatic heterocycles. The Bertz CT molecular complexity index is 682. The van der Waals surface area contributed by atoms with Crippen molar-refractivity contribution in [3.8, 4) is 5.75 Å². The fraction of sp³-hybridized carbons (Fsp3) is 0.316. The summed E-state index contributed by atoms with van der Waals surface area (Å²) in [6.07, 6.45) is -0.721. The number of nitrogens with one attached hydrogen (secondary N) is 1. The molecule has 0 bridgehead atoms. The molecule has 0 saturated carbocycles. The van der Waals surface area contributed by atoms with Gasteiger partial charge in [0.15, 0.2) is 6.61 Å². The molecule has 0 radical (unpaired) electrons. The summed E-state index contributed by atoms with van der Waals surface area (Å²) in [4.78, 5) is 11.8. The van der Waals surface area contributed by atoms with Gasteiger partial charge in [0, 0.05) is 6.54 Å². The quantitative estimate of drug-likeness (QED) is 0.862. The summed E-state index contributed by atoms with van der Waals surface area (Å²) in [5, 5.41) is 12.8. The van der Waals surface area contributed by atoms with Gasteiger partial charge in [-0.2, -0.15) is 0 Å². The molecule has 0 aliphatic carbocycles. The summed E-state index contributed by atoms with van der Waals surface area (Å²) in [6, 6.07) is 13.3. The van der Waals surface area contributed by atoms with Crippen molar-refractivity contribution < 1.29 is 14.6 Å². The lowest BCUT2D eigenvalue weighted by atomic mass is 10.0. The van der Waals surface area contributed by atoms with Gasteiger partial charge in [0.25, 0.3) is 5.91 Å². The van der Waals surface area contributed by atoms with Crippen LogP contribution in [0.1, 0.15) is 28.4 Å². The highest BCUT2D eigenvalue weighted by atomic mass is 16.5. The monoisotopic (exact) mass is 313 g/mol. The van der Waals surface area contributed by atoms with E-state index in [4.69, 9.17) is 4.74 Å². The molecule has 1 amide bonds. The molecule has 0 aliphatic rings. The van der Waals surface area contributed by atoms with Crippen LogP contribution >= 0.6 is 0 Å². The van der Waals surface area contributed by atoms with Crippen molar-refractivity contribution >= 4 is 5.91 Å². The van der Waals surface area contributed by atoms with E-state index in [1.165, 1.54) is 5.56 Å². The zero-order valence-corrected chi connectivity index (χ0v) is 13.8. The van der Waals surface area contributed by atoms with Crippen LogP contribution in [0.4, 0.5) is 0 Å². The van der Waals surface area contributed by atoms with Crippen LogP contribution in [0.15, 0.2) is 42.5 Å². The van der Waals surface area contributed by atoms with E-state index in [1.54, 1.807) is 0 Å². The van der Waals surface area contributed by atoms with Gasteiger partial charge in [-0.3, -0.25) is 4.79 Å². The average molecular weight is 313 g/mol. The molecule has 0 heterocycles. The minimum atomic E-state index is -0.721. The van der Waals surface area contributed by atoms with Crippen molar-refractivity contribution in [1.82, 2.24) is 5.32 Å². The SMILES string of the molecule is Cc1ccc(OCC(=O)NCC(O)c2ccccc2C)cc1C. The zero-order valence-electron chi connectivity index (χ0n) is 13.8. The molecule has 122 valence electrons. The van der Waals surface area contributed by atoms with E-state index in [2.05, 4.69) is 5.32 Å². The molecule has 4 nitrogen and oxygen atoms in total. The van der Waals surface area contributed by atoms with Crippen LogP contribution in [0.3, 0.4) is 0 Å². The molecule has 2 aromatic carbocycles. The first-order valence-electron chi connectivity index (χ1n) is 7.67. The number of carbonyl (C=O) groups is 1. The molecule has 2 N–H and O–H groups in total. The summed E-state index contributed by atoms with van der Waals surface area (Å²) in [6.45, 7) is 6.06. The number of amides is 1. The van der Waals surface area contributed by atoms with Crippen molar-refractivity contribution in [1.29, 1.82) is 0 Å². The summed E-state index contributed by atoms with van der Waals surface area (Å²) >= 11 is 0. The predicted molar refractivity (Wildman–Crippen MR) is 90.6 cm³/mol. The van der Waals surface area contributed by atoms with E-state index in [0.29, 0.717) is 5.75 Å². The Morgan fingerprint density at radius 1 is 1.09 bits per heavy atom. The largest absolute Gasteiger partial charge is 0.484 e. The van der Waals surface area contributed by atoms with Gasteiger partial charge in [0.1, 0.15) is 5.75 Å². The van der Waals surface area contributed by atoms with Gasteiger partial charge in [-0.25, -0.2) is 0 Å². The lowest BCUT2D eigenvalue weighted by molar-refractivity contribution is -0.123. The molecule has 1 unspecified atom stereocenters. The Morgan fingerprint density at radius 2 is 1.83 bits per heavy atom. The number of aryl methyl sites for hydroxylation is 3. The van der Waals surface area contributed by atoms with Crippen LogP contribution in [-0.4, -0.2) is 24.2 Å². The molecule has 1 atom stereocenters. The van der Waals surface area contributed by atoms with Crippen LogP contribution in [-0.2, 0) is 4.79 Å². The fourth-order valence-electron chi connectivity index (χ4n) is 2.28. The van der Waals surface area contributed by atoms with Crippen molar-refractivity contribution in [2.45, 2.75) is 26.9 Å². The van der Waals surface area contributed by atoms with Crippen molar-refractivity contribution in [2.24, 2.45) is 0 Å². The topological polar surface area (TPSA) is 58.6 Å². The predicted octanol–water partition coefficient (Wildman–Crippen LogP) is 2.84. The molecule has 0 saturated heterocycles. The van der Waals surface area contributed by atoms with E-state index in [0.717, 1.165) is 16.7 Å². The maximum atomic E-state index is 11.8. The van der Waals surface area contributed by atoms with Gasteiger partial charge in [-0.1, -0.05) is 30.3 Å². The lowest BCUT2D eigenvalue weighted by Crippen LogP contribution is -2.32. The summed E-state index contributed by atoms with van der Waals surface area (Å²) in [5.74, 6) is 0.415. The van der Waals surface area contributed by atoms with E-state index in [9.17, 15) is 9.90 Å². The van der Waals surface area contributed by atoms with E-state index in [1.807, 2.05) is 63.2 Å². The lowest BCUT2D eigenvalue weighted by Gasteiger charge is -2.15. The molecule has 2 aromatic rings. The van der Waals surface area contributed by atoms with Crippen LogP contribution in [0.5, 0.6) is 5.75 Å². The summed E-state index contributed by atoms with van der Waals surface area (Å²) in [7, 11) is 0. The molecule has 23 heavy (non-hydrogen) atoms. The van der Waals surface area contributed by atoms with Gasteiger partial charge < -0.3 is 15.2 Å². The standard InChI is InChI=1S/C19H23NO3/c1-13-8-9-16(10-15(13)3)23-12-19(22)20-11-18(21)17-7-5-4-6-14(17)2/h4-10,18,21H,11-12H2,1-3H3,(H,20,22). The van der Waals surface area contributed by atoms with E-state index >= 15 is 0 Å². The second-order valence-electron chi connectivity index (χ2n) is 5.71. The molecule has 0 spiro atoms. The molecule has 2 rings (SSSR count). The van der Waals surface area contributed by atoms with E-state index < -0.39 is 6.10 Å². The maximum absolute atomic E-state index is 11.8. The van der Waals surface area contributed by atoms with Crippen LogP contribution in [0.2, 0.25) is 0 Å². The average Bonchev–Trinajstić information content (AvgIpc) is 2.54. The fourth-order valence-corrected chi connectivity index (χ4v) is 2.28. The second kappa shape index (κ2) is 7.79. The van der Waals surface area contributed by atoms with Crippen molar-refractivity contribution in [3.05, 3.63) is 64.7 Å². The highest BCUT2D eigenvalue weighted by Gasteiger charge is 2.11. The van der Waals surface area contributed by atoms with Gasteiger partial charge in [0.2, 0.25) is 0 Å². The number of hydrogen-bond donors (Lipinski definition) is 2. The first-order chi connectivity index (χ1) is 11.0. The number of benzene rings is 2. The van der Waals surface area contributed by atoms with Gasteiger partial charge in [-0.05, 0) is 55.2 Å². The number of aliphatic hydroxyl groups excluding tert-OH is 1. The highest BCUT2D eigenvalue weighted by molar-refractivity contribution is 5.77. The number of carbonyl (C=O) groups excluding carboxylic acids is 1. The summed E-state index contributed by atoms with van der Waals surface area (Å²) in [5.41, 5.74) is 4.13. The molecule has 4 heteroatoms. The second-order valence-corrected chi connectivity index (χ2v) is 5.71. The van der Waals surface area contributed by atoms with Crippen LogP contribution in [0, 0.1) is 20.8 Å². The van der Waals surface area contributed by atoms with Crippen molar-refractivity contribution in [2.75, 3.05) is 13.2 Å². The minimum Gasteiger partial charge on any atom is -0.484 e. The zero-order chi connectivity index (χ0) is 16.8. The number of hydrogen-bond acceptors (Lipinski definition) is 3. The number of aliphatic hydroxyl groups is 1. The molecular formula is C19H23NO3. The maximum Gasteiger partial charge on any atom is 0.258 e. The molecule has 0 fully saturated rings. The third-order valence-corrected chi connectivity index (χ3v) is 3.89.